The Kier molecular flexibility index (Phi) is 5.01. The molecule has 7 heteroatoms. The highest BCUT2D eigenvalue weighted by molar-refractivity contribution is 6.37. The quantitative estimate of drug-likeness (QED) is 0.700. The third-order valence-corrected chi connectivity index (χ3v) is 4.63. The van der Waals surface area contributed by atoms with Gasteiger partial charge in [-0.05, 0) is 30.7 Å². The number of carboxylic acids is 1. The summed E-state index contributed by atoms with van der Waals surface area (Å²) in [5.74, 6) is -0.700. The summed E-state index contributed by atoms with van der Waals surface area (Å²) >= 11 is 6.38. The maximum atomic E-state index is 12.5. The maximum Gasteiger partial charge on any atom is 0.336 e. The molecule has 0 radical (unpaired) electrons. The van der Waals surface area contributed by atoms with E-state index in [9.17, 15) is 14.7 Å². The van der Waals surface area contributed by atoms with Crippen molar-refractivity contribution < 1.29 is 14.7 Å². The zero-order valence-corrected chi connectivity index (χ0v) is 15.8. The summed E-state index contributed by atoms with van der Waals surface area (Å²) in [7, 11) is 3.33. The number of aromatic carboxylic acids is 1. The third kappa shape index (κ3) is 3.44. The van der Waals surface area contributed by atoms with Crippen molar-refractivity contribution in [2.45, 2.75) is 6.92 Å². The molecule has 0 bridgehead atoms. The SMILES string of the molecule is Cc1c(Nc2ncc(C(=O)N(C)C)c3c(Cl)cccc23)cccc1C(=O)O. The molecule has 0 saturated carbocycles. The normalized spacial score (nSPS) is 10.7. The van der Waals surface area contributed by atoms with Gasteiger partial charge in [0, 0.05) is 41.8 Å². The molecule has 6 nitrogen and oxygen atoms in total. The van der Waals surface area contributed by atoms with Crippen LogP contribution in [0.4, 0.5) is 11.5 Å². The second-order valence-corrected chi connectivity index (χ2v) is 6.70. The molecule has 0 fully saturated rings. The van der Waals surface area contributed by atoms with Gasteiger partial charge in [0.05, 0.1) is 11.1 Å². The van der Waals surface area contributed by atoms with Crippen molar-refractivity contribution in [1.29, 1.82) is 0 Å². The van der Waals surface area contributed by atoms with Gasteiger partial charge in [-0.25, -0.2) is 9.78 Å². The number of carboxylic acid groups (broad SMARTS) is 1. The third-order valence-electron chi connectivity index (χ3n) is 4.31. The average molecular weight is 384 g/mol. The lowest BCUT2D eigenvalue weighted by Crippen LogP contribution is -2.22. The summed E-state index contributed by atoms with van der Waals surface area (Å²) in [6, 6.07) is 10.3. The van der Waals surface area contributed by atoms with Crippen molar-refractivity contribution >= 4 is 45.8 Å². The smallest absolute Gasteiger partial charge is 0.336 e. The van der Waals surface area contributed by atoms with Crippen LogP contribution in [0.5, 0.6) is 0 Å². The number of fused-ring (bicyclic) bond motifs is 1. The minimum absolute atomic E-state index is 0.198. The molecular weight excluding hydrogens is 366 g/mol. The Balaban J connectivity index is 2.17. The fourth-order valence-corrected chi connectivity index (χ4v) is 3.17. The van der Waals surface area contributed by atoms with E-state index in [4.69, 9.17) is 11.6 Å². The van der Waals surface area contributed by atoms with Gasteiger partial charge in [0.15, 0.2) is 0 Å². The second kappa shape index (κ2) is 7.25. The van der Waals surface area contributed by atoms with Gasteiger partial charge in [-0.1, -0.05) is 29.8 Å². The summed E-state index contributed by atoms with van der Waals surface area (Å²) in [6.07, 6.45) is 1.48. The molecule has 0 atom stereocenters. The van der Waals surface area contributed by atoms with E-state index in [1.165, 1.54) is 11.1 Å². The fraction of sp³-hybridized carbons (Fsp3) is 0.150. The van der Waals surface area contributed by atoms with Crippen molar-refractivity contribution in [3.63, 3.8) is 0 Å². The molecule has 0 aliphatic heterocycles. The van der Waals surface area contributed by atoms with E-state index in [0.29, 0.717) is 38.4 Å². The molecule has 138 valence electrons. The molecule has 27 heavy (non-hydrogen) atoms. The molecule has 0 unspecified atom stereocenters. The van der Waals surface area contributed by atoms with Gasteiger partial charge in [0.1, 0.15) is 5.82 Å². The predicted molar refractivity (Wildman–Crippen MR) is 106 cm³/mol. The number of nitrogens with zero attached hydrogens (tertiary/aromatic N) is 2. The van der Waals surface area contributed by atoms with Crippen LogP contribution in [0.25, 0.3) is 10.8 Å². The van der Waals surface area contributed by atoms with Crippen LogP contribution in [-0.2, 0) is 0 Å². The second-order valence-electron chi connectivity index (χ2n) is 6.29. The van der Waals surface area contributed by atoms with Crippen LogP contribution < -0.4 is 5.32 Å². The number of halogens is 1. The molecule has 1 heterocycles. The number of aromatic nitrogens is 1. The molecule has 2 N–H and O–H groups in total. The summed E-state index contributed by atoms with van der Waals surface area (Å²) in [4.78, 5) is 29.7. The van der Waals surface area contributed by atoms with Crippen LogP contribution in [0.3, 0.4) is 0 Å². The molecule has 0 aliphatic rings. The number of hydrogen-bond donors (Lipinski definition) is 2. The minimum Gasteiger partial charge on any atom is -0.478 e. The Labute approximate surface area is 161 Å². The molecule has 1 aromatic heterocycles. The topological polar surface area (TPSA) is 82.5 Å². The van der Waals surface area contributed by atoms with E-state index in [0.717, 1.165) is 0 Å². The van der Waals surface area contributed by atoms with Crippen LogP contribution in [0.15, 0.2) is 42.6 Å². The van der Waals surface area contributed by atoms with Crippen LogP contribution >= 0.6 is 11.6 Å². The summed E-state index contributed by atoms with van der Waals surface area (Å²) in [6.45, 7) is 1.73. The van der Waals surface area contributed by atoms with Gasteiger partial charge in [-0.3, -0.25) is 4.79 Å². The lowest BCUT2D eigenvalue weighted by atomic mass is 10.0. The highest BCUT2D eigenvalue weighted by Crippen LogP contribution is 2.33. The first-order chi connectivity index (χ1) is 12.8. The summed E-state index contributed by atoms with van der Waals surface area (Å²) in [5, 5.41) is 14.2. The van der Waals surface area contributed by atoms with E-state index < -0.39 is 5.97 Å². The van der Waals surface area contributed by atoms with Gasteiger partial charge >= 0.3 is 5.97 Å². The summed E-state index contributed by atoms with van der Waals surface area (Å²) in [5.41, 5.74) is 1.83. The van der Waals surface area contributed by atoms with E-state index in [1.807, 2.05) is 6.07 Å². The lowest BCUT2D eigenvalue weighted by Gasteiger charge is -2.16. The number of anilines is 2. The van der Waals surface area contributed by atoms with Crippen molar-refractivity contribution in [3.8, 4) is 0 Å². The highest BCUT2D eigenvalue weighted by atomic mass is 35.5. The molecular formula is C20H18ClN3O3. The van der Waals surface area contributed by atoms with Gasteiger partial charge in [0.25, 0.3) is 5.91 Å². The molecule has 1 amide bonds. The zero-order chi connectivity index (χ0) is 19.7. The molecule has 3 aromatic rings. The van der Waals surface area contributed by atoms with Gasteiger partial charge in [-0.2, -0.15) is 0 Å². The number of hydrogen-bond acceptors (Lipinski definition) is 4. The number of benzene rings is 2. The van der Waals surface area contributed by atoms with Crippen molar-refractivity contribution in [2.24, 2.45) is 0 Å². The Morgan fingerprint density at radius 1 is 1.11 bits per heavy atom. The predicted octanol–water partition coefficient (Wildman–Crippen LogP) is 4.34. The number of carbonyl (C=O) groups excluding carboxylic acids is 1. The number of nitrogens with one attached hydrogen (secondary N) is 1. The molecule has 0 aliphatic carbocycles. The molecule has 0 spiro atoms. The first kappa shape index (κ1) is 18.7. The first-order valence-corrected chi connectivity index (χ1v) is 8.58. The fourth-order valence-electron chi connectivity index (χ4n) is 2.89. The standard InChI is InChI=1S/C20H18ClN3O3/c1-11-12(20(26)27)6-5-9-16(11)23-18-13-7-4-8-15(21)17(13)14(10-22-18)19(25)24(2)3/h4-10H,1-3H3,(H,22,23)(H,26,27). The largest absolute Gasteiger partial charge is 0.478 e. The van der Waals surface area contributed by atoms with E-state index in [2.05, 4.69) is 10.3 Å². The minimum atomic E-state index is -0.996. The number of amides is 1. The number of pyridine rings is 1. The van der Waals surface area contributed by atoms with E-state index >= 15 is 0 Å². The Morgan fingerprint density at radius 2 is 1.81 bits per heavy atom. The Morgan fingerprint density at radius 3 is 2.48 bits per heavy atom. The van der Waals surface area contributed by atoms with Crippen molar-refractivity contribution in [3.05, 3.63) is 64.3 Å². The molecule has 0 saturated heterocycles. The van der Waals surface area contributed by atoms with Crippen LogP contribution in [0.1, 0.15) is 26.3 Å². The monoisotopic (exact) mass is 383 g/mol. The van der Waals surface area contributed by atoms with Crippen molar-refractivity contribution in [2.75, 3.05) is 19.4 Å². The van der Waals surface area contributed by atoms with Crippen molar-refractivity contribution in [1.82, 2.24) is 9.88 Å². The van der Waals surface area contributed by atoms with E-state index in [1.54, 1.807) is 51.4 Å². The van der Waals surface area contributed by atoms with Gasteiger partial charge in [-0.15, -0.1) is 0 Å². The number of carbonyl (C=O) groups is 2. The van der Waals surface area contributed by atoms with Crippen LogP contribution in [-0.4, -0.2) is 41.0 Å². The van der Waals surface area contributed by atoms with Gasteiger partial charge < -0.3 is 15.3 Å². The molecule has 2 aromatic carbocycles. The average Bonchev–Trinajstić information content (AvgIpc) is 2.63. The molecule has 3 rings (SSSR count). The van der Waals surface area contributed by atoms with Crippen LogP contribution in [0.2, 0.25) is 5.02 Å². The van der Waals surface area contributed by atoms with Gasteiger partial charge in [0.2, 0.25) is 0 Å². The highest BCUT2D eigenvalue weighted by Gasteiger charge is 2.18. The number of rotatable bonds is 4. The van der Waals surface area contributed by atoms with E-state index in [-0.39, 0.29) is 11.5 Å². The first-order valence-electron chi connectivity index (χ1n) is 8.20. The Bertz CT molecular complexity index is 1060. The summed E-state index contributed by atoms with van der Waals surface area (Å²) < 4.78 is 0. The van der Waals surface area contributed by atoms with Crippen LogP contribution in [0, 0.1) is 6.92 Å². The maximum absolute atomic E-state index is 12.5. The lowest BCUT2D eigenvalue weighted by molar-refractivity contribution is 0.0695. The zero-order valence-electron chi connectivity index (χ0n) is 15.1. The Hall–Kier alpha value is -3.12.